The molecule has 1 fully saturated rings. The van der Waals surface area contributed by atoms with E-state index in [1.807, 2.05) is 54.8 Å². The Labute approximate surface area is 276 Å². The van der Waals surface area contributed by atoms with Crippen LogP contribution < -0.4 is 0 Å². The number of ether oxygens (including phenoxy) is 3. The summed E-state index contributed by atoms with van der Waals surface area (Å²) in [7, 11) is 0. The van der Waals surface area contributed by atoms with E-state index in [9.17, 15) is 9.59 Å². The highest BCUT2D eigenvalue weighted by atomic mass is 32.1. The number of rotatable bonds is 9. The molecule has 0 spiro atoms. The topological polar surface area (TPSA) is 92.5 Å². The first kappa shape index (κ1) is 30.5. The number of thiophene rings is 1. The third-order valence-electron chi connectivity index (χ3n) is 8.31. The first-order chi connectivity index (χ1) is 22.9. The number of aryl methyl sites for hydroxylation is 2. The van der Waals surface area contributed by atoms with Crippen LogP contribution in [0.1, 0.15) is 54.9 Å². The van der Waals surface area contributed by atoms with E-state index < -0.39 is 30.4 Å². The molecule has 0 bridgehead atoms. The SMILES string of the molecule is Cc1ccc(C(=O)OC[C@H]2O[C@@H](n3cnc4c(-c5ccc(Cc6ccccc6)s5)ccnc43)C[C@H]2OC(=O)c2ccc(C)cc2)cc1. The number of esters is 2. The van der Waals surface area contributed by atoms with Crippen molar-refractivity contribution in [2.45, 2.75) is 45.1 Å². The van der Waals surface area contributed by atoms with Crippen LogP contribution >= 0.6 is 11.3 Å². The van der Waals surface area contributed by atoms with Gasteiger partial charge in [0.2, 0.25) is 0 Å². The number of aromatic nitrogens is 3. The van der Waals surface area contributed by atoms with Crippen LogP contribution in [-0.2, 0) is 20.6 Å². The molecule has 47 heavy (non-hydrogen) atoms. The molecular weight excluding hydrogens is 611 g/mol. The molecule has 8 nitrogen and oxygen atoms in total. The lowest BCUT2D eigenvalue weighted by atomic mass is 10.1. The number of carbonyl (C=O) groups excluding carboxylic acids is 2. The Kier molecular flexibility index (Phi) is 8.65. The molecule has 0 aliphatic carbocycles. The molecule has 6 aromatic rings. The van der Waals surface area contributed by atoms with E-state index in [1.165, 1.54) is 10.4 Å². The van der Waals surface area contributed by atoms with Gasteiger partial charge < -0.3 is 14.2 Å². The van der Waals surface area contributed by atoms with Crippen LogP contribution in [0.3, 0.4) is 0 Å². The van der Waals surface area contributed by atoms with Crippen LogP contribution in [0, 0.1) is 13.8 Å². The molecule has 1 saturated heterocycles. The molecule has 0 radical (unpaired) electrons. The average molecular weight is 644 g/mol. The fourth-order valence-electron chi connectivity index (χ4n) is 5.73. The van der Waals surface area contributed by atoms with E-state index in [-0.39, 0.29) is 6.61 Å². The summed E-state index contributed by atoms with van der Waals surface area (Å²) >= 11 is 1.74. The summed E-state index contributed by atoms with van der Waals surface area (Å²) in [5, 5.41) is 0. The van der Waals surface area contributed by atoms with E-state index in [0.717, 1.165) is 33.5 Å². The molecule has 1 aliphatic heterocycles. The van der Waals surface area contributed by atoms with Gasteiger partial charge >= 0.3 is 11.9 Å². The fourth-order valence-corrected chi connectivity index (χ4v) is 6.80. The molecule has 3 atom stereocenters. The van der Waals surface area contributed by atoms with E-state index in [1.54, 1.807) is 48.1 Å². The van der Waals surface area contributed by atoms with Crippen molar-refractivity contribution in [3.05, 3.63) is 142 Å². The third-order valence-corrected chi connectivity index (χ3v) is 9.43. The minimum atomic E-state index is -0.692. The number of nitrogens with zero attached hydrogens (tertiary/aromatic N) is 3. The van der Waals surface area contributed by atoms with Crippen LogP contribution in [-0.4, -0.2) is 45.3 Å². The van der Waals surface area contributed by atoms with Gasteiger partial charge in [0.15, 0.2) is 5.65 Å². The van der Waals surface area contributed by atoms with Crippen molar-refractivity contribution in [1.29, 1.82) is 0 Å². The van der Waals surface area contributed by atoms with Crippen molar-refractivity contribution in [1.82, 2.24) is 14.5 Å². The summed E-state index contributed by atoms with van der Waals surface area (Å²) in [5.41, 5.74) is 6.64. The summed E-state index contributed by atoms with van der Waals surface area (Å²) in [5.74, 6) is -0.934. The highest BCUT2D eigenvalue weighted by Crippen LogP contribution is 2.37. The standard InChI is InChI=1S/C38H33N3O5S/c1-24-8-12-27(13-9-24)37(42)44-22-32-31(46-38(43)28-14-10-25(2)11-15-28)21-34(45-32)41-23-40-35-30(18-19-39-36(35)41)33-17-16-29(47-33)20-26-6-4-3-5-7-26/h3-19,23,31-32,34H,20-22H2,1-2H3/t31-,32-,34-/m1/s1. The second-order valence-electron chi connectivity index (χ2n) is 11.8. The maximum absolute atomic E-state index is 13.2. The number of hydrogen-bond donors (Lipinski definition) is 0. The third kappa shape index (κ3) is 6.72. The Bertz CT molecular complexity index is 2020. The van der Waals surface area contributed by atoms with E-state index in [4.69, 9.17) is 19.2 Å². The summed E-state index contributed by atoms with van der Waals surface area (Å²) in [6.45, 7) is 3.83. The van der Waals surface area contributed by atoms with Crippen molar-refractivity contribution < 1.29 is 23.8 Å². The van der Waals surface area contributed by atoms with Gasteiger partial charge in [-0.3, -0.25) is 4.57 Å². The van der Waals surface area contributed by atoms with Gasteiger partial charge in [0.1, 0.15) is 30.6 Å². The lowest BCUT2D eigenvalue weighted by Gasteiger charge is -2.19. The van der Waals surface area contributed by atoms with Gasteiger partial charge in [0.05, 0.1) is 17.5 Å². The summed E-state index contributed by atoms with van der Waals surface area (Å²) in [4.78, 5) is 37.8. The minimum absolute atomic E-state index is 0.0836. The van der Waals surface area contributed by atoms with Gasteiger partial charge in [-0.05, 0) is 61.9 Å². The second-order valence-corrected chi connectivity index (χ2v) is 12.9. The number of benzene rings is 3. The lowest BCUT2D eigenvalue weighted by molar-refractivity contribution is -0.0563. The summed E-state index contributed by atoms with van der Waals surface area (Å²) in [6, 6.07) is 31.0. The van der Waals surface area contributed by atoms with Gasteiger partial charge in [-0.15, -0.1) is 11.3 Å². The van der Waals surface area contributed by atoms with Gasteiger partial charge in [-0.2, -0.15) is 0 Å². The molecule has 0 N–H and O–H groups in total. The zero-order valence-corrected chi connectivity index (χ0v) is 26.9. The monoisotopic (exact) mass is 643 g/mol. The van der Waals surface area contributed by atoms with Gasteiger partial charge in [-0.1, -0.05) is 65.7 Å². The molecule has 3 aromatic carbocycles. The van der Waals surface area contributed by atoms with Crippen LogP contribution in [0.15, 0.2) is 110 Å². The molecular formula is C38H33N3O5S. The summed E-state index contributed by atoms with van der Waals surface area (Å²) < 4.78 is 19.9. The van der Waals surface area contributed by atoms with Crippen LogP contribution in [0.25, 0.3) is 21.6 Å². The lowest BCUT2D eigenvalue weighted by Crippen LogP contribution is -2.32. The Morgan fingerprint density at radius 1 is 0.851 bits per heavy atom. The van der Waals surface area contributed by atoms with Crippen molar-refractivity contribution >= 4 is 34.4 Å². The van der Waals surface area contributed by atoms with Crippen LogP contribution in [0.2, 0.25) is 0 Å². The highest BCUT2D eigenvalue weighted by molar-refractivity contribution is 7.15. The van der Waals surface area contributed by atoms with Gasteiger partial charge in [0, 0.05) is 34.4 Å². The van der Waals surface area contributed by atoms with E-state index in [0.29, 0.717) is 23.2 Å². The highest BCUT2D eigenvalue weighted by Gasteiger charge is 2.40. The molecule has 236 valence electrons. The average Bonchev–Trinajstić information content (AvgIpc) is 3.83. The molecule has 0 saturated carbocycles. The normalized spacial score (nSPS) is 17.5. The molecule has 0 amide bonds. The molecule has 3 aromatic heterocycles. The zero-order valence-electron chi connectivity index (χ0n) is 26.0. The fraction of sp³-hybridized carbons (Fsp3) is 0.211. The number of carbonyl (C=O) groups is 2. The Balaban J connectivity index is 1.12. The van der Waals surface area contributed by atoms with Crippen LogP contribution in [0.4, 0.5) is 0 Å². The Hall–Kier alpha value is -5.12. The second kappa shape index (κ2) is 13.3. The molecule has 7 rings (SSSR count). The molecule has 1 aliphatic rings. The molecule has 0 unspecified atom stereocenters. The van der Waals surface area contributed by atoms with Gasteiger partial charge in [-0.25, -0.2) is 19.6 Å². The molecule has 9 heteroatoms. The predicted octanol–water partition coefficient (Wildman–Crippen LogP) is 7.74. The minimum Gasteiger partial charge on any atom is -0.459 e. The Morgan fingerprint density at radius 2 is 1.55 bits per heavy atom. The molecule has 4 heterocycles. The number of pyridine rings is 1. The first-order valence-electron chi connectivity index (χ1n) is 15.5. The van der Waals surface area contributed by atoms with E-state index in [2.05, 4.69) is 41.4 Å². The predicted molar refractivity (Wildman–Crippen MR) is 180 cm³/mol. The maximum Gasteiger partial charge on any atom is 0.338 e. The van der Waals surface area contributed by atoms with Crippen molar-refractivity contribution in [3.63, 3.8) is 0 Å². The largest absolute Gasteiger partial charge is 0.459 e. The number of fused-ring (bicyclic) bond motifs is 1. The first-order valence-corrected chi connectivity index (χ1v) is 16.3. The van der Waals surface area contributed by atoms with Gasteiger partial charge in [0.25, 0.3) is 0 Å². The quantitative estimate of drug-likeness (QED) is 0.149. The smallest absolute Gasteiger partial charge is 0.338 e. The maximum atomic E-state index is 13.2. The van der Waals surface area contributed by atoms with Crippen LogP contribution in [0.5, 0.6) is 0 Å². The Morgan fingerprint density at radius 3 is 2.28 bits per heavy atom. The van der Waals surface area contributed by atoms with Crippen molar-refractivity contribution in [2.75, 3.05) is 6.61 Å². The van der Waals surface area contributed by atoms with Crippen molar-refractivity contribution in [2.24, 2.45) is 0 Å². The number of hydrogen-bond acceptors (Lipinski definition) is 8. The zero-order chi connectivity index (χ0) is 32.3. The number of imidazole rings is 1. The summed E-state index contributed by atoms with van der Waals surface area (Å²) in [6.07, 6.45) is 2.78. The van der Waals surface area contributed by atoms with Crippen molar-refractivity contribution in [3.8, 4) is 10.4 Å². The van der Waals surface area contributed by atoms with E-state index >= 15 is 0 Å².